The van der Waals surface area contributed by atoms with Crippen molar-refractivity contribution in [3.8, 4) is 0 Å². The van der Waals surface area contributed by atoms with Crippen molar-refractivity contribution in [2.75, 3.05) is 11.3 Å². The maximum absolute atomic E-state index is 12.5. The quantitative estimate of drug-likeness (QED) is 0.880. The number of thiophene rings is 1. The Bertz CT molecular complexity index is 778. The molecule has 2 rings (SSSR count). The van der Waals surface area contributed by atoms with E-state index in [0.717, 1.165) is 5.56 Å². The Labute approximate surface area is 134 Å². The fourth-order valence-corrected chi connectivity index (χ4v) is 4.49. The van der Waals surface area contributed by atoms with Crippen molar-refractivity contribution in [2.45, 2.75) is 25.7 Å². The number of amides is 1. The molecule has 1 aromatic carbocycles. The third-order valence-electron chi connectivity index (χ3n) is 3.03. The summed E-state index contributed by atoms with van der Waals surface area (Å²) in [6.07, 6.45) is 0. The van der Waals surface area contributed by atoms with Crippen LogP contribution in [0.1, 0.15) is 27.0 Å². The van der Waals surface area contributed by atoms with Gasteiger partial charge in [-0.05, 0) is 39.0 Å². The predicted octanol–water partition coefficient (Wildman–Crippen LogP) is 2.92. The second-order valence-corrected chi connectivity index (χ2v) is 7.77. The second-order valence-electron chi connectivity index (χ2n) is 4.86. The van der Waals surface area contributed by atoms with E-state index in [-0.39, 0.29) is 10.8 Å². The highest BCUT2D eigenvalue weighted by Gasteiger charge is 2.22. The van der Waals surface area contributed by atoms with Crippen LogP contribution in [-0.2, 0) is 10.0 Å². The summed E-state index contributed by atoms with van der Waals surface area (Å²) < 4.78 is 27.5. The molecule has 0 aliphatic carbocycles. The first kappa shape index (κ1) is 16.5. The van der Waals surface area contributed by atoms with E-state index in [1.165, 1.54) is 17.4 Å². The van der Waals surface area contributed by atoms with Gasteiger partial charge >= 0.3 is 0 Å². The molecule has 0 fully saturated rings. The van der Waals surface area contributed by atoms with E-state index in [0.29, 0.717) is 22.0 Å². The van der Waals surface area contributed by atoms with Crippen LogP contribution >= 0.6 is 11.3 Å². The maximum Gasteiger partial charge on any atom is 0.263 e. The van der Waals surface area contributed by atoms with E-state index in [1.54, 1.807) is 19.1 Å². The summed E-state index contributed by atoms with van der Waals surface area (Å²) >= 11 is 1.17. The molecule has 2 N–H and O–H groups in total. The van der Waals surface area contributed by atoms with E-state index in [9.17, 15) is 13.2 Å². The molecule has 0 unspecified atom stereocenters. The normalized spacial score (nSPS) is 11.2. The van der Waals surface area contributed by atoms with Gasteiger partial charge in [0, 0.05) is 17.1 Å². The van der Waals surface area contributed by atoms with Crippen LogP contribution in [0.15, 0.2) is 35.2 Å². The lowest BCUT2D eigenvalue weighted by Crippen LogP contribution is -2.21. The van der Waals surface area contributed by atoms with Gasteiger partial charge in [0.1, 0.15) is 4.90 Å². The SMILES string of the molecule is CCNC(=O)c1cc(S(=O)(=O)Nc2ccc(C)cc2)c(C)s1. The van der Waals surface area contributed by atoms with Crippen molar-refractivity contribution in [3.63, 3.8) is 0 Å². The minimum Gasteiger partial charge on any atom is -0.352 e. The van der Waals surface area contributed by atoms with Crippen LogP contribution in [0.3, 0.4) is 0 Å². The first-order valence-corrected chi connectivity index (χ1v) is 9.11. The Kier molecular flexibility index (Phi) is 4.87. The van der Waals surface area contributed by atoms with Crippen molar-refractivity contribution in [3.05, 3.63) is 45.6 Å². The highest BCUT2D eigenvalue weighted by Crippen LogP contribution is 2.27. The van der Waals surface area contributed by atoms with Crippen molar-refractivity contribution >= 4 is 33.0 Å². The van der Waals surface area contributed by atoms with Gasteiger partial charge in [0.15, 0.2) is 0 Å². The molecule has 0 aliphatic heterocycles. The number of sulfonamides is 1. The topological polar surface area (TPSA) is 75.3 Å². The summed E-state index contributed by atoms with van der Waals surface area (Å²) in [6, 6.07) is 8.50. The minimum atomic E-state index is -3.70. The molecule has 1 amide bonds. The van der Waals surface area contributed by atoms with Crippen LogP contribution in [-0.4, -0.2) is 20.9 Å². The van der Waals surface area contributed by atoms with Gasteiger partial charge in [-0.15, -0.1) is 11.3 Å². The molecule has 1 aromatic heterocycles. The van der Waals surface area contributed by atoms with Gasteiger partial charge in [0.25, 0.3) is 15.9 Å². The number of hydrogen-bond donors (Lipinski definition) is 2. The highest BCUT2D eigenvalue weighted by molar-refractivity contribution is 7.93. The zero-order valence-corrected chi connectivity index (χ0v) is 14.3. The Morgan fingerprint density at radius 1 is 1.18 bits per heavy atom. The summed E-state index contributed by atoms with van der Waals surface area (Å²) in [7, 11) is -3.70. The largest absolute Gasteiger partial charge is 0.352 e. The summed E-state index contributed by atoms with van der Waals surface area (Å²) in [6.45, 7) is 5.94. The number of nitrogens with one attached hydrogen (secondary N) is 2. The Hall–Kier alpha value is -1.86. The number of hydrogen-bond acceptors (Lipinski definition) is 4. The third kappa shape index (κ3) is 3.66. The van der Waals surface area contributed by atoms with Gasteiger partial charge in [-0.3, -0.25) is 9.52 Å². The fraction of sp³-hybridized carbons (Fsp3) is 0.267. The number of carbonyl (C=O) groups is 1. The number of benzene rings is 1. The molecule has 0 saturated heterocycles. The van der Waals surface area contributed by atoms with Crippen molar-refractivity contribution in [1.29, 1.82) is 0 Å². The number of anilines is 1. The number of carbonyl (C=O) groups excluding carboxylic acids is 1. The fourth-order valence-electron chi connectivity index (χ4n) is 1.92. The first-order chi connectivity index (χ1) is 10.3. The van der Waals surface area contributed by atoms with Gasteiger partial charge < -0.3 is 5.32 Å². The molecule has 0 aliphatic rings. The standard InChI is InChI=1S/C15H18N2O3S2/c1-4-16-15(18)13-9-14(11(3)21-13)22(19,20)17-12-7-5-10(2)6-8-12/h5-9,17H,4H2,1-3H3,(H,16,18). The average molecular weight is 338 g/mol. The van der Waals surface area contributed by atoms with Crippen molar-refractivity contribution in [1.82, 2.24) is 5.32 Å². The van der Waals surface area contributed by atoms with Crippen LogP contribution < -0.4 is 10.0 Å². The predicted molar refractivity (Wildman–Crippen MR) is 89.1 cm³/mol. The average Bonchev–Trinajstić information content (AvgIpc) is 2.84. The van der Waals surface area contributed by atoms with Crippen LogP contribution in [0.5, 0.6) is 0 Å². The van der Waals surface area contributed by atoms with E-state index in [4.69, 9.17) is 0 Å². The molecular weight excluding hydrogens is 320 g/mol. The first-order valence-electron chi connectivity index (χ1n) is 6.81. The molecule has 1 heterocycles. The molecule has 2 aromatic rings. The maximum atomic E-state index is 12.5. The molecule has 0 saturated carbocycles. The molecular formula is C15H18N2O3S2. The van der Waals surface area contributed by atoms with Crippen molar-refractivity contribution < 1.29 is 13.2 Å². The summed E-state index contributed by atoms with van der Waals surface area (Å²) in [5.41, 5.74) is 1.55. The van der Waals surface area contributed by atoms with Crippen molar-refractivity contribution in [2.24, 2.45) is 0 Å². The molecule has 0 atom stereocenters. The molecule has 0 spiro atoms. The van der Waals surface area contributed by atoms with E-state index in [2.05, 4.69) is 10.0 Å². The molecule has 0 radical (unpaired) electrons. The summed E-state index contributed by atoms with van der Waals surface area (Å²) in [4.78, 5) is 12.9. The highest BCUT2D eigenvalue weighted by atomic mass is 32.2. The van der Waals surface area contributed by atoms with E-state index >= 15 is 0 Å². The third-order valence-corrected chi connectivity index (χ3v) is 5.71. The lowest BCUT2D eigenvalue weighted by atomic mass is 10.2. The number of aryl methyl sites for hydroxylation is 2. The molecule has 7 heteroatoms. The van der Waals surface area contributed by atoms with Gasteiger partial charge in [0.2, 0.25) is 0 Å². The van der Waals surface area contributed by atoms with E-state index in [1.807, 2.05) is 26.0 Å². The molecule has 5 nitrogen and oxygen atoms in total. The van der Waals surface area contributed by atoms with Gasteiger partial charge in [-0.1, -0.05) is 17.7 Å². The number of rotatable bonds is 5. The van der Waals surface area contributed by atoms with Crippen LogP contribution in [0.25, 0.3) is 0 Å². The molecule has 0 bridgehead atoms. The molecule has 22 heavy (non-hydrogen) atoms. The minimum absolute atomic E-state index is 0.138. The molecule has 118 valence electrons. The van der Waals surface area contributed by atoms with Gasteiger partial charge in [-0.25, -0.2) is 8.42 Å². The van der Waals surface area contributed by atoms with Gasteiger partial charge in [-0.2, -0.15) is 0 Å². The Morgan fingerprint density at radius 3 is 2.41 bits per heavy atom. The summed E-state index contributed by atoms with van der Waals surface area (Å²) in [5.74, 6) is -0.257. The summed E-state index contributed by atoms with van der Waals surface area (Å²) in [5, 5.41) is 2.67. The lowest BCUT2D eigenvalue weighted by molar-refractivity contribution is 0.0959. The smallest absolute Gasteiger partial charge is 0.263 e. The van der Waals surface area contributed by atoms with Crippen LogP contribution in [0.4, 0.5) is 5.69 Å². The Balaban J connectivity index is 2.29. The van der Waals surface area contributed by atoms with E-state index < -0.39 is 10.0 Å². The lowest BCUT2D eigenvalue weighted by Gasteiger charge is -2.07. The Morgan fingerprint density at radius 2 is 1.82 bits per heavy atom. The van der Waals surface area contributed by atoms with Crippen LogP contribution in [0, 0.1) is 13.8 Å². The monoisotopic (exact) mass is 338 g/mol. The zero-order chi connectivity index (χ0) is 16.3. The van der Waals surface area contributed by atoms with Gasteiger partial charge in [0.05, 0.1) is 4.88 Å². The van der Waals surface area contributed by atoms with Crippen LogP contribution in [0.2, 0.25) is 0 Å². The zero-order valence-electron chi connectivity index (χ0n) is 12.6. The second kappa shape index (κ2) is 6.50.